The van der Waals surface area contributed by atoms with Gasteiger partial charge in [-0.25, -0.2) is 9.07 Å². The number of aromatic nitrogens is 3. The van der Waals surface area contributed by atoms with E-state index in [1.54, 1.807) is 34.4 Å². The van der Waals surface area contributed by atoms with Crippen LogP contribution in [0.15, 0.2) is 46.6 Å². The Kier molecular flexibility index (Phi) is 4.54. The van der Waals surface area contributed by atoms with E-state index in [9.17, 15) is 14.0 Å². The van der Waals surface area contributed by atoms with Crippen LogP contribution in [0.2, 0.25) is 0 Å². The van der Waals surface area contributed by atoms with Crippen LogP contribution >= 0.6 is 11.3 Å². The van der Waals surface area contributed by atoms with Crippen LogP contribution in [0, 0.1) is 12.7 Å². The Morgan fingerprint density at radius 3 is 2.70 bits per heavy atom. The van der Waals surface area contributed by atoms with Gasteiger partial charge in [0.05, 0.1) is 5.69 Å². The highest BCUT2D eigenvalue weighted by Gasteiger charge is 2.24. The Hall–Kier alpha value is -3.20. The lowest BCUT2D eigenvalue weighted by Crippen LogP contribution is -2.50. The molecule has 30 heavy (non-hydrogen) atoms. The third kappa shape index (κ3) is 3.06. The van der Waals surface area contributed by atoms with E-state index in [4.69, 9.17) is 0 Å². The second-order valence-corrected chi connectivity index (χ2v) is 8.27. The molecule has 0 aliphatic carbocycles. The molecule has 9 heteroatoms. The zero-order chi connectivity index (χ0) is 20.8. The largest absolute Gasteiger partial charge is 0.366 e. The number of aryl methyl sites for hydroxylation is 1. The van der Waals surface area contributed by atoms with Crippen molar-refractivity contribution in [2.45, 2.75) is 13.5 Å². The van der Waals surface area contributed by atoms with Crippen molar-refractivity contribution in [1.29, 1.82) is 0 Å². The van der Waals surface area contributed by atoms with E-state index >= 15 is 0 Å². The van der Waals surface area contributed by atoms with Crippen molar-refractivity contribution in [2.24, 2.45) is 0 Å². The quantitative estimate of drug-likeness (QED) is 0.506. The van der Waals surface area contributed by atoms with Crippen molar-refractivity contribution in [1.82, 2.24) is 19.1 Å². The molecule has 5 rings (SSSR count). The number of nitrogens with zero attached hydrogens (tertiary/aromatic N) is 5. The summed E-state index contributed by atoms with van der Waals surface area (Å²) in [6.07, 6.45) is 0. The Morgan fingerprint density at radius 2 is 1.93 bits per heavy atom. The lowest BCUT2D eigenvalue weighted by atomic mass is 10.2. The molecule has 0 atom stereocenters. The lowest BCUT2D eigenvalue weighted by molar-refractivity contribution is -0.132. The van der Waals surface area contributed by atoms with Gasteiger partial charge in [-0.15, -0.1) is 11.3 Å². The normalized spacial score (nSPS) is 14.7. The SMILES string of the molecule is Cc1nn(CC(=O)N2CCN(c3ccccc3F)CC2)c(=O)c2cc3ccsc3n12. The molecule has 1 saturated heterocycles. The Bertz CT molecular complexity index is 1320. The van der Waals surface area contributed by atoms with Gasteiger partial charge in [0.2, 0.25) is 5.91 Å². The number of anilines is 1. The highest BCUT2D eigenvalue weighted by Crippen LogP contribution is 2.24. The van der Waals surface area contributed by atoms with Gasteiger partial charge >= 0.3 is 0 Å². The van der Waals surface area contributed by atoms with E-state index in [1.165, 1.54) is 10.7 Å². The molecule has 1 aromatic carbocycles. The number of hydrogen-bond acceptors (Lipinski definition) is 5. The van der Waals surface area contributed by atoms with E-state index in [2.05, 4.69) is 5.10 Å². The van der Waals surface area contributed by atoms with Crippen LogP contribution in [0.4, 0.5) is 10.1 Å². The lowest BCUT2D eigenvalue weighted by Gasteiger charge is -2.36. The average molecular weight is 425 g/mol. The first-order chi connectivity index (χ1) is 14.5. The summed E-state index contributed by atoms with van der Waals surface area (Å²) in [5, 5.41) is 7.35. The maximum Gasteiger partial charge on any atom is 0.291 e. The standard InChI is InChI=1S/C21H20FN5O2S/c1-14-23-26(20(29)18-12-15-6-11-30-21(15)27(14)18)13-19(28)25-9-7-24(8-10-25)17-5-3-2-4-16(17)22/h2-6,11-12H,7-10,13H2,1H3. The van der Waals surface area contributed by atoms with Gasteiger partial charge in [-0.3, -0.25) is 14.0 Å². The molecule has 0 bridgehead atoms. The molecule has 0 saturated carbocycles. The van der Waals surface area contributed by atoms with Crippen LogP contribution in [0.5, 0.6) is 0 Å². The van der Waals surface area contributed by atoms with Gasteiger partial charge in [-0.05, 0) is 36.6 Å². The van der Waals surface area contributed by atoms with Gasteiger partial charge < -0.3 is 9.80 Å². The topological polar surface area (TPSA) is 62.9 Å². The molecule has 1 aliphatic rings. The summed E-state index contributed by atoms with van der Waals surface area (Å²) in [7, 11) is 0. The molecule has 154 valence electrons. The average Bonchev–Trinajstić information content (AvgIpc) is 3.34. The summed E-state index contributed by atoms with van der Waals surface area (Å²) in [5.74, 6) is 0.248. The summed E-state index contributed by atoms with van der Waals surface area (Å²) in [4.78, 5) is 30.4. The zero-order valence-corrected chi connectivity index (χ0v) is 17.2. The summed E-state index contributed by atoms with van der Waals surface area (Å²) >= 11 is 1.56. The van der Waals surface area contributed by atoms with Crippen LogP contribution in [-0.2, 0) is 11.3 Å². The van der Waals surface area contributed by atoms with Crippen LogP contribution in [0.3, 0.4) is 0 Å². The van der Waals surface area contributed by atoms with Crippen molar-refractivity contribution in [3.8, 4) is 0 Å². The first-order valence-electron chi connectivity index (χ1n) is 9.76. The number of carbonyl (C=O) groups is 1. The van der Waals surface area contributed by atoms with Crippen molar-refractivity contribution >= 4 is 38.7 Å². The Labute approximate surface area is 175 Å². The molecule has 0 spiro atoms. The molecule has 0 unspecified atom stereocenters. The predicted molar refractivity (Wildman–Crippen MR) is 115 cm³/mol. The minimum absolute atomic E-state index is 0.102. The van der Waals surface area contributed by atoms with Gasteiger partial charge in [0.1, 0.15) is 28.5 Å². The van der Waals surface area contributed by atoms with Crippen molar-refractivity contribution in [3.05, 3.63) is 63.8 Å². The number of amides is 1. The van der Waals surface area contributed by atoms with Crippen molar-refractivity contribution < 1.29 is 9.18 Å². The molecular weight excluding hydrogens is 405 g/mol. The molecule has 4 aromatic rings. The summed E-state index contributed by atoms with van der Waals surface area (Å²) < 4.78 is 17.1. The van der Waals surface area contributed by atoms with Crippen LogP contribution in [-0.4, -0.2) is 51.2 Å². The van der Waals surface area contributed by atoms with Crippen LogP contribution < -0.4 is 10.5 Å². The van der Waals surface area contributed by atoms with E-state index in [1.807, 2.05) is 33.7 Å². The maximum absolute atomic E-state index is 14.0. The van der Waals surface area contributed by atoms with Gasteiger partial charge in [-0.2, -0.15) is 5.10 Å². The number of benzene rings is 1. The van der Waals surface area contributed by atoms with Crippen molar-refractivity contribution in [3.63, 3.8) is 0 Å². The summed E-state index contributed by atoms with van der Waals surface area (Å²) in [6, 6.07) is 10.5. The van der Waals surface area contributed by atoms with Crippen LogP contribution in [0.1, 0.15) is 5.82 Å². The second kappa shape index (κ2) is 7.24. The number of fused-ring (bicyclic) bond motifs is 3. The second-order valence-electron chi connectivity index (χ2n) is 7.38. The van der Waals surface area contributed by atoms with Gasteiger partial charge in [0, 0.05) is 31.6 Å². The third-order valence-corrected chi connectivity index (χ3v) is 6.48. The van der Waals surface area contributed by atoms with E-state index < -0.39 is 0 Å². The van der Waals surface area contributed by atoms with Gasteiger partial charge in [0.25, 0.3) is 5.56 Å². The van der Waals surface area contributed by atoms with Gasteiger partial charge in [-0.1, -0.05) is 12.1 Å². The Balaban J connectivity index is 1.34. The maximum atomic E-state index is 14.0. The number of rotatable bonds is 3. The Morgan fingerprint density at radius 1 is 1.17 bits per heavy atom. The fourth-order valence-electron chi connectivity index (χ4n) is 4.04. The molecule has 1 aliphatic heterocycles. The third-order valence-electron chi connectivity index (χ3n) is 5.56. The number of halogens is 1. The molecule has 1 fully saturated rings. The highest BCUT2D eigenvalue weighted by atomic mass is 32.1. The first-order valence-corrected chi connectivity index (χ1v) is 10.6. The molecule has 4 heterocycles. The van der Waals surface area contributed by atoms with E-state index in [0.29, 0.717) is 43.2 Å². The minimum atomic E-state index is -0.276. The zero-order valence-electron chi connectivity index (χ0n) is 16.4. The van der Waals surface area contributed by atoms with E-state index in [0.717, 1.165) is 10.2 Å². The minimum Gasteiger partial charge on any atom is -0.366 e. The number of thiophene rings is 1. The molecule has 7 nitrogen and oxygen atoms in total. The van der Waals surface area contributed by atoms with Crippen LogP contribution in [0.25, 0.3) is 15.7 Å². The van der Waals surface area contributed by atoms with E-state index in [-0.39, 0.29) is 23.8 Å². The number of hydrogen-bond donors (Lipinski definition) is 0. The number of piperazine rings is 1. The predicted octanol–water partition coefficient (Wildman–Crippen LogP) is 2.51. The molecule has 1 amide bonds. The fourth-order valence-corrected chi connectivity index (χ4v) is 4.98. The smallest absolute Gasteiger partial charge is 0.291 e. The van der Waals surface area contributed by atoms with Gasteiger partial charge in [0.15, 0.2) is 0 Å². The highest BCUT2D eigenvalue weighted by molar-refractivity contribution is 7.16. The molecular formula is C21H20FN5O2S. The summed E-state index contributed by atoms with van der Waals surface area (Å²) in [5.41, 5.74) is 0.806. The first kappa shape index (κ1) is 18.8. The fraction of sp³-hybridized carbons (Fsp3) is 0.286. The summed E-state index contributed by atoms with van der Waals surface area (Å²) in [6.45, 7) is 3.77. The molecule has 0 N–H and O–H groups in total. The number of carbonyl (C=O) groups excluding carboxylic acids is 1. The molecule has 3 aromatic heterocycles. The number of para-hydroxylation sites is 1. The molecule has 0 radical (unpaired) electrons. The monoisotopic (exact) mass is 425 g/mol. The van der Waals surface area contributed by atoms with Crippen molar-refractivity contribution in [2.75, 3.05) is 31.1 Å².